The lowest BCUT2D eigenvalue weighted by molar-refractivity contribution is -0.137. The molecule has 0 radical (unpaired) electrons. The van der Waals surface area contributed by atoms with Crippen LogP contribution < -0.4 is 10.1 Å². The molecule has 3 aromatic rings. The number of hydrogen-bond donors (Lipinski definition) is 2. The topological polar surface area (TPSA) is 102 Å². The number of benzene rings is 1. The van der Waals surface area contributed by atoms with Crippen LogP contribution in [0, 0.1) is 0 Å². The molecule has 2 aromatic heterocycles. The van der Waals surface area contributed by atoms with Gasteiger partial charge in [-0.2, -0.15) is 9.97 Å². The summed E-state index contributed by atoms with van der Waals surface area (Å²) in [5, 5.41) is 12.6. The van der Waals surface area contributed by atoms with Crippen LogP contribution in [0.3, 0.4) is 0 Å². The van der Waals surface area contributed by atoms with Gasteiger partial charge in [0.25, 0.3) is 0 Å². The van der Waals surface area contributed by atoms with E-state index in [1.807, 2.05) is 30.3 Å². The molecule has 0 spiro atoms. The van der Waals surface area contributed by atoms with Gasteiger partial charge in [-0.25, -0.2) is 4.98 Å². The zero-order chi connectivity index (χ0) is 28.3. The normalized spacial score (nSPS) is 11.2. The van der Waals surface area contributed by atoms with Gasteiger partial charge in [0.15, 0.2) is 11.2 Å². The molecular formula is C32H49N5O3. The molecular weight excluding hydrogens is 502 g/mol. The Balaban J connectivity index is 1.32. The molecule has 8 heteroatoms. The van der Waals surface area contributed by atoms with Crippen molar-refractivity contribution in [3.8, 4) is 5.88 Å². The number of carboxylic acids is 1. The summed E-state index contributed by atoms with van der Waals surface area (Å²) in [7, 11) is 0. The third-order valence-electron chi connectivity index (χ3n) is 7.27. The van der Waals surface area contributed by atoms with Crippen LogP contribution in [0.5, 0.6) is 5.88 Å². The van der Waals surface area contributed by atoms with Crippen LogP contribution in [0.2, 0.25) is 0 Å². The van der Waals surface area contributed by atoms with E-state index in [1.165, 1.54) is 107 Å². The average molecular weight is 552 g/mol. The first kappa shape index (κ1) is 31.4. The van der Waals surface area contributed by atoms with Crippen molar-refractivity contribution in [3.63, 3.8) is 0 Å². The number of nitrogens with zero attached hydrogens (tertiary/aromatic N) is 4. The van der Waals surface area contributed by atoms with E-state index >= 15 is 0 Å². The predicted molar refractivity (Wildman–Crippen MR) is 162 cm³/mol. The molecule has 0 aliphatic heterocycles. The number of fused-ring (bicyclic) bond motifs is 1. The molecule has 0 aliphatic carbocycles. The van der Waals surface area contributed by atoms with Crippen LogP contribution in [-0.4, -0.2) is 37.1 Å². The van der Waals surface area contributed by atoms with Gasteiger partial charge in [-0.15, -0.1) is 0 Å². The highest BCUT2D eigenvalue weighted by Crippen LogP contribution is 2.24. The largest absolute Gasteiger partial charge is 0.480 e. The number of ether oxygens (including phenoxy) is 1. The molecule has 0 saturated carbocycles. The number of carboxylic acid groups (broad SMARTS) is 1. The number of hydrogen-bond acceptors (Lipinski definition) is 6. The maximum absolute atomic E-state index is 11.3. The summed E-state index contributed by atoms with van der Waals surface area (Å²) in [5.74, 6) is -0.163. The molecule has 0 amide bonds. The zero-order valence-electron chi connectivity index (χ0n) is 24.5. The quantitative estimate of drug-likeness (QED) is 0.115. The lowest BCUT2D eigenvalue weighted by Gasteiger charge is -2.10. The Morgan fingerprint density at radius 3 is 1.98 bits per heavy atom. The van der Waals surface area contributed by atoms with Gasteiger partial charge in [0.05, 0.1) is 6.33 Å². The molecule has 8 nitrogen and oxygen atoms in total. The van der Waals surface area contributed by atoms with E-state index in [0.717, 1.165) is 18.5 Å². The van der Waals surface area contributed by atoms with Crippen LogP contribution in [-0.2, 0) is 17.9 Å². The maximum atomic E-state index is 11.3. The number of anilines is 1. The lowest BCUT2D eigenvalue weighted by atomic mass is 10.0. The second kappa shape index (κ2) is 19.0. The summed E-state index contributed by atoms with van der Waals surface area (Å²) in [6.07, 6.45) is 22.9. The minimum atomic E-state index is -0.952. The predicted octanol–water partition coefficient (Wildman–Crippen LogP) is 8.16. The van der Waals surface area contributed by atoms with E-state index in [-0.39, 0.29) is 6.54 Å². The summed E-state index contributed by atoms with van der Waals surface area (Å²) < 4.78 is 7.50. The second-order valence-electron chi connectivity index (χ2n) is 10.8. The first-order chi connectivity index (χ1) is 19.7. The standard InChI is InChI=1S/C32H49N5O3/c1-2-3-4-5-6-7-8-9-10-11-12-13-14-15-16-20-23-33-32-35-30-29(34-26-37(30)24-28(38)39)31(36-32)40-25-27-21-18-17-19-22-27/h17-19,21-22,26H,2-16,20,23-25H2,1H3,(H,38,39)(H,33,35,36). The maximum Gasteiger partial charge on any atom is 0.323 e. The van der Waals surface area contributed by atoms with Gasteiger partial charge in [0.1, 0.15) is 13.2 Å². The molecule has 0 bridgehead atoms. The van der Waals surface area contributed by atoms with Gasteiger partial charge in [0.2, 0.25) is 11.8 Å². The van der Waals surface area contributed by atoms with Gasteiger partial charge in [-0.3, -0.25) is 4.79 Å². The van der Waals surface area contributed by atoms with Crippen molar-refractivity contribution in [3.05, 3.63) is 42.2 Å². The smallest absolute Gasteiger partial charge is 0.323 e. The van der Waals surface area contributed by atoms with Crippen LogP contribution in [0.25, 0.3) is 11.2 Å². The summed E-state index contributed by atoms with van der Waals surface area (Å²) in [6, 6.07) is 9.85. The first-order valence-electron chi connectivity index (χ1n) is 15.5. The van der Waals surface area contributed by atoms with E-state index in [4.69, 9.17) is 4.74 Å². The van der Waals surface area contributed by atoms with Crippen LogP contribution in [0.4, 0.5) is 5.95 Å². The van der Waals surface area contributed by atoms with Crippen LogP contribution in [0.1, 0.15) is 115 Å². The minimum Gasteiger partial charge on any atom is -0.480 e. The summed E-state index contributed by atoms with van der Waals surface area (Å²) in [5.41, 5.74) is 1.93. The summed E-state index contributed by atoms with van der Waals surface area (Å²) in [4.78, 5) is 24.7. The number of aromatic nitrogens is 4. The van der Waals surface area contributed by atoms with E-state index in [0.29, 0.717) is 29.6 Å². The van der Waals surface area contributed by atoms with Crippen molar-refractivity contribution in [2.75, 3.05) is 11.9 Å². The minimum absolute atomic E-state index is 0.218. The molecule has 0 saturated heterocycles. The second-order valence-corrected chi connectivity index (χ2v) is 10.8. The Kier molecular flexibility index (Phi) is 14.9. The van der Waals surface area contributed by atoms with Crippen molar-refractivity contribution in [1.29, 1.82) is 0 Å². The molecule has 0 fully saturated rings. The molecule has 0 unspecified atom stereocenters. The molecule has 2 heterocycles. The third-order valence-corrected chi connectivity index (χ3v) is 7.27. The van der Waals surface area contributed by atoms with Gasteiger partial charge >= 0.3 is 5.97 Å². The molecule has 3 rings (SSSR count). The molecule has 0 aliphatic rings. The highest BCUT2D eigenvalue weighted by Gasteiger charge is 2.16. The Bertz CT molecular complexity index is 1100. The number of nitrogens with one attached hydrogen (secondary N) is 1. The van der Waals surface area contributed by atoms with E-state index in [9.17, 15) is 9.90 Å². The summed E-state index contributed by atoms with van der Waals surface area (Å²) in [6.45, 7) is 3.16. The van der Waals surface area contributed by atoms with Crippen LogP contribution in [0.15, 0.2) is 36.7 Å². The third kappa shape index (κ3) is 11.9. The highest BCUT2D eigenvalue weighted by molar-refractivity contribution is 5.79. The number of rotatable bonds is 23. The van der Waals surface area contributed by atoms with E-state index in [2.05, 4.69) is 27.2 Å². The van der Waals surface area contributed by atoms with E-state index < -0.39 is 5.97 Å². The van der Waals surface area contributed by atoms with Crippen molar-refractivity contribution in [1.82, 2.24) is 19.5 Å². The fraction of sp³-hybridized carbons (Fsp3) is 0.625. The monoisotopic (exact) mass is 551 g/mol. The van der Waals surface area contributed by atoms with Crippen molar-refractivity contribution < 1.29 is 14.6 Å². The van der Waals surface area contributed by atoms with Crippen molar-refractivity contribution in [2.24, 2.45) is 0 Å². The number of carbonyl (C=O) groups is 1. The number of aliphatic carboxylic acids is 1. The Morgan fingerprint density at radius 1 is 0.825 bits per heavy atom. The fourth-order valence-corrected chi connectivity index (χ4v) is 4.96. The zero-order valence-corrected chi connectivity index (χ0v) is 24.5. The Labute approximate surface area is 240 Å². The lowest BCUT2D eigenvalue weighted by Crippen LogP contribution is -2.11. The van der Waals surface area contributed by atoms with Gasteiger partial charge in [0, 0.05) is 6.54 Å². The average Bonchev–Trinajstić information content (AvgIpc) is 3.36. The SMILES string of the molecule is CCCCCCCCCCCCCCCCCCNc1nc(OCc2ccccc2)c2ncn(CC(=O)O)c2n1. The molecule has 2 N–H and O–H groups in total. The number of unbranched alkanes of at least 4 members (excludes halogenated alkanes) is 15. The summed E-state index contributed by atoms with van der Waals surface area (Å²) >= 11 is 0. The van der Waals surface area contributed by atoms with Crippen molar-refractivity contribution in [2.45, 2.75) is 123 Å². The Morgan fingerprint density at radius 2 is 1.40 bits per heavy atom. The van der Waals surface area contributed by atoms with E-state index in [1.54, 1.807) is 0 Å². The fourth-order valence-electron chi connectivity index (χ4n) is 4.96. The van der Waals surface area contributed by atoms with Gasteiger partial charge < -0.3 is 19.7 Å². The molecule has 0 atom stereocenters. The van der Waals surface area contributed by atoms with Gasteiger partial charge in [-0.1, -0.05) is 134 Å². The number of imidazole rings is 1. The Hall–Kier alpha value is -3.16. The molecule has 1 aromatic carbocycles. The first-order valence-corrected chi connectivity index (χ1v) is 15.5. The molecule has 220 valence electrons. The highest BCUT2D eigenvalue weighted by atomic mass is 16.5. The van der Waals surface area contributed by atoms with Gasteiger partial charge in [-0.05, 0) is 12.0 Å². The van der Waals surface area contributed by atoms with Crippen LogP contribution >= 0.6 is 0 Å². The van der Waals surface area contributed by atoms with Crippen molar-refractivity contribution >= 4 is 23.1 Å². The molecule has 40 heavy (non-hydrogen) atoms.